The van der Waals surface area contributed by atoms with Crippen LogP contribution in [0.15, 0.2) is 41.4 Å². The van der Waals surface area contributed by atoms with E-state index in [9.17, 15) is 13.5 Å². The van der Waals surface area contributed by atoms with Gasteiger partial charge in [0.15, 0.2) is 0 Å². The van der Waals surface area contributed by atoms with Gasteiger partial charge in [0, 0.05) is 29.2 Å². The summed E-state index contributed by atoms with van der Waals surface area (Å²) in [5, 5.41) is 19.3. The summed E-state index contributed by atoms with van der Waals surface area (Å²) in [6.07, 6.45) is 1.70. The molecule has 0 radical (unpaired) electrons. The van der Waals surface area contributed by atoms with Crippen LogP contribution in [0.25, 0.3) is 10.9 Å². The Morgan fingerprint density at radius 1 is 1.24 bits per heavy atom. The number of methoxy groups -OCH3 is 1. The summed E-state index contributed by atoms with van der Waals surface area (Å²) in [6.45, 7) is 2.38. The number of rotatable bonds is 5. The summed E-state index contributed by atoms with van der Waals surface area (Å²) in [5.41, 5.74) is 4.07. The molecule has 2 heterocycles. The Morgan fingerprint density at radius 3 is 2.72 bits per heavy atom. The number of aliphatic hydroxyl groups is 1. The molecule has 1 unspecified atom stereocenters. The van der Waals surface area contributed by atoms with Gasteiger partial charge < -0.3 is 14.7 Å². The quantitative estimate of drug-likeness (QED) is 0.660. The Morgan fingerprint density at radius 2 is 2.03 bits per heavy atom. The lowest BCUT2D eigenvalue weighted by Crippen LogP contribution is -2.18. The molecule has 2 aromatic carbocycles. The van der Waals surface area contributed by atoms with Gasteiger partial charge in [-0.15, -0.1) is 0 Å². The Labute approximate surface area is 169 Å². The highest BCUT2D eigenvalue weighted by atomic mass is 32.2. The van der Waals surface area contributed by atoms with Crippen molar-refractivity contribution in [3.63, 3.8) is 0 Å². The van der Waals surface area contributed by atoms with Crippen LogP contribution in [0, 0.1) is 0 Å². The molecule has 152 valence electrons. The van der Waals surface area contributed by atoms with Crippen molar-refractivity contribution >= 4 is 32.3 Å². The summed E-state index contributed by atoms with van der Waals surface area (Å²) >= 11 is 0. The van der Waals surface area contributed by atoms with E-state index < -0.39 is 16.1 Å². The van der Waals surface area contributed by atoms with E-state index in [1.165, 1.54) is 7.05 Å². The first-order valence-electron chi connectivity index (χ1n) is 9.21. The number of fused-ring (bicyclic) bond motifs is 2. The molecule has 0 aliphatic carbocycles. The predicted molar refractivity (Wildman–Crippen MR) is 110 cm³/mol. The van der Waals surface area contributed by atoms with Crippen LogP contribution < -0.4 is 14.4 Å². The van der Waals surface area contributed by atoms with Crippen LogP contribution in [0.4, 0.5) is 11.4 Å². The van der Waals surface area contributed by atoms with E-state index in [4.69, 9.17) is 4.74 Å². The van der Waals surface area contributed by atoms with Gasteiger partial charge in [0.25, 0.3) is 0 Å². The second kappa shape index (κ2) is 7.25. The van der Waals surface area contributed by atoms with Crippen molar-refractivity contribution < 1.29 is 18.3 Å². The van der Waals surface area contributed by atoms with Gasteiger partial charge in [-0.1, -0.05) is 0 Å². The summed E-state index contributed by atoms with van der Waals surface area (Å²) in [4.78, 5) is 2.35. The number of hydrogen-bond acceptors (Lipinski definition) is 7. The van der Waals surface area contributed by atoms with E-state index in [1.54, 1.807) is 38.4 Å². The van der Waals surface area contributed by atoms with Crippen LogP contribution in [-0.4, -0.2) is 44.4 Å². The normalized spacial score (nSPS) is 14.8. The first-order chi connectivity index (χ1) is 13.9. The van der Waals surface area contributed by atoms with Crippen LogP contribution in [-0.2, 0) is 16.4 Å². The van der Waals surface area contributed by atoms with Gasteiger partial charge in [-0.25, -0.2) is 13.1 Å². The number of benzene rings is 2. The van der Waals surface area contributed by atoms with E-state index >= 15 is 0 Å². The zero-order chi connectivity index (χ0) is 20.8. The molecule has 0 spiro atoms. The molecule has 1 aliphatic rings. The maximum Gasteiger partial charge on any atom is 0.240 e. The van der Waals surface area contributed by atoms with Gasteiger partial charge in [-0.05, 0) is 50.2 Å². The largest absolute Gasteiger partial charge is 0.496 e. The van der Waals surface area contributed by atoms with Crippen LogP contribution in [0.3, 0.4) is 0 Å². The first-order valence-corrected chi connectivity index (χ1v) is 10.7. The molecule has 0 amide bonds. The molecule has 3 aromatic rings. The molecule has 1 atom stereocenters. The molecule has 1 aliphatic heterocycles. The minimum Gasteiger partial charge on any atom is -0.496 e. The highest BCUT2D eigenvalue weighted by molar-refractivity contribution is 7.89. The third-order valence-corrected chi connectivity index (χ3v) is 6.65. The molecule has 0 saturated heterocycles. The summed E-state index contributed by atoms with van der Waals surface area (Å²) in [5.74, 6) is 0.558. The van der Waals surface area contributed by atoms with E-state index in [2.05, 4.69) is 19.8 Å². The van der Waals surface area contributed by atoms with Gasteiger partial charge in [0.1, 0.15) is 5.75 Å². The Balaban J connectivity index is 1.84. The topological polar surface area (TPSA) is 105 Å². The molecular formula is C20H22N4O4S. The first kappa shape index (κ1) is 19.6. The third kappa shape index (κ3) is 3.31. The number of nitrogens with one attached hydrogen (secondary N) is 1. The van der Waals surface area contributed by atoms with Gasteiger partial charge >= 0.3 is 0 Å². The van der Waals surface area contributed by atoms with Gasteiger partial charge in [0.05, 0.1) is 35.5 Å². The standard InChI is InChI=1S/C20H22N4O4S/c1-12(25)15-9-16-17(10-20(15)28-3)23-22-11-19(16)24-7-6-13-8-14(4-5-18(13)24)29(26,27)21-2/h4-5,8-12,21,25H,6-7H2,1-3H3. The molecular weight excluding hydrogens is 392 g/mol. The number of ether oxygens (including phenoxy) is 1. The zero-order valence-corrected chi connectivity index (χ0v) is 17.2. The number of hydrogen-bond donors (Lipinski definition) is 2. The fraction of sp³-hybridized carbons (Fsp3) is 0.300. The molecule has 2 N–H and O–H groups in total. The van der Waals surface area contributed by atoms with Crippen molar-refractivity contribution in [3.05, 3.63) is 47.7 Å². The number of anilines is 2. The summed E-state index contributed by atoms with van der Waals surface area (Å²) < 4.78 is 32.0. The van der Waals surface area contributed by atoms with E-state index in [-0.39, 0.29) is 4.90 Å². The molecule has 0 bridgehead atoms. The lowest BCUT2D eigenvalue weighted by Gasteiger charge is -2.22. The average Bonchev–Trinajstić information content (AvgIpc) is 3.15. The Bertz CT molecular complexity index is 1190. The van der Waals surface area contributed by atoms with Gasteiger partial charge in [0.2, 0.25) is 10.0 Å². The molecule has 29 heavy (non-hydrogen) atoms. The molecule has 4 rings (SSSR count). The fourth-order valence-corrected chi connectivity index (χ4v) is 4.50. The molecule has 1 aromatic heterocycles. The number of sulfonamides is 1. The number of aliphatic hydroxyl groups excluding tert-OH is 1. The molecule has 9 heteroatoms. The number of nitrogens with zero attached hydrogens (tertiary/aromatic N) is 3. The van der Waals surface area contributed by atoms with E-state index in [0.717, 1.165) is 22.3 Å². The van der Waals surface area contributed by atoms with Gasteiger partial charge in [-0.2, -0.15) is 10.2 Å². The maximum absolute atomic E-state index is 12.1. The minimum atomic E-state index is -3.49. The second-order valence-corrected chi connectivity index (χ2v) is 8.80. The highest BCUT2D eigenvalue weighted by Crippen LogP contribution is 2.40. The highest BCUT2D eigenvalue weighted by Gasteiger charge is 2.25. The SMILES string of the molecule is CNS(=O)(=O)c1ccc2c(c1)CCN2c1cnnc2cc(OC)c(C(C)O)cc12. The number of aromatic nitrogens is 2. The monoisotopic (exact) mass is 414 g/mol. The maximum atomic E-state index is 12.1. The van der Waals surface area contributed by atoms with Crippen molar-refractivity contribution in [2.45, 2.75) is 24.3 Å². The average molecular weight is 414 g/mol. The van der Waals surface area contributed by atoms with Crippen LogP contribution >= 0.6 is 0 Å². The van der Waals surface area contributed by atoms with Crippen molar-refractivity contribution in [2.75, 3.05) is 25.6 Å². The lowest BCUT2D eigenvalue weighted by atomic mass is 10.0. The van der Waals surface area contributed by atoms with Crippen molar-refractivity contribution in [1.29, 1.82) is 0 Å². The van der Waals surface area contributed by atoms with Crippen molar-refractivity contribution in [3.8, 4) is 5.75 Å². The van der Waals surface area contributed by atoms with Crippen molar-refractivity contribution in [1.82, 2.24) is 14.9 Å². The second-order valence-electron chi connectivity index (χ2n) is 6.92. The molecule has 0 saturated carbocycles. The van der Waals surface area contributed by atoms with E-state index in [1.807, 2.05) is 12.1 Å². The molecule has 0 fully saturated rings. The Hall–Kier alpha value is -2.75. The summed E-state index contributed by atoms with van der Waals surface area (Å²) in [7, 11) is -0.538. The van der Waals surface area contributed by atoms with Crippen LogP contribution in [0.5, 0.6) is 5.75 Å². The van der Waals surface area contributed by atoms with Crippen LogP contribution in [0.1, 0.15) is 24.2 Å². The third-order valence-electron chi connectivity index (χ3n) is 5.24. The zero-order valence-electron chi connectivity index (χ0n) is 16.4. The van der Waals surface area contributed by atoms with Crippen LogP contribution in [0.2, 0.25) is 0 Å². The predicted octanol–water partition coefficient (Wildman–Crippen LogP) is 2.29. The fourth-order valence-electron chi connectivity index (χ4n) is 3.72. The molecule has 8 nitrogen and oxygen atoms in total. The van der Waals surface area contributed by atoms with E-state index in [0.29, 0.717) is 29.8 Å². The Kier molecular flexibility index (Phi) is 4.89. The smallest absolute Gasteiger partial charge is 0.240 e. The van der Waals surface area contributed by atoms with Crippen molar-refractivity contribution in [2.24, 2.45) is 0 Å². The van der Waals surface area contributed by atoms with Gasteiger partial charge in [-0.3, -0.25) is 0 Å². The summed E-state index contributed by atoms with van der Waals surface area (Å²) in [6, 6.07) is 8.78. The minimum absolute atomic E-state index is 0.249. The lowest BCUT2D eigenvalue weighted by molar-refractivity contribution is 0.194.